The molecule has 1 unspecified atom stereocenters. The smallest absolute Gasteiger partial charge is 0.442 e. The lowest BCUT2D eigenvalue weighted by Gasteiger charge is -2.36. The Labute approximate surface area is 162 Å². The monoisotopic (exact) mass is 387 g/mol. The Bertz CT molecular complexity index is 943. The molecular weight excluding hydrogens is 358 g/mol. The van der Waals surface area contributed by atoms with Crippen LogP contribution in [0.3, 0.4) is 0 Å². The van der Waals surface area contributed by atoms with Crippen LogP contribution in [0.2, 0.25) is 0 Å². The lowest BCUT2D eigenvalue weighted by Crippen LogP contribution is -2.35. The second-order valence-electron chi connectivity index (χ2n) is 8.15. The van der Waals surface area contributed by atoms with Gasteiger partial charge in [0, 0.05) is 11.2 Å². The number of amides is 1. The van der Waals surface area contributed by atoms with E-state index in [9.17, 15) is 9.00 Å². The second kappa shape index (κ2) is 8.01. The Morgan fingerprint density at radius 3 is 2.56 bits per heavy atom. The summed E-state index contributed by atoms with van der Waals surface area (Å²) in [5.41, 5.74) is 0. The number of carbonyl (C=O) groups excluding carboxylic acids is 1. The molecule has 1 aliphatic rings. The number of nitrogens with zero attached hydrogens (tertiary/aromatic N) is 1. The van der Waals surface area contributed by atoms with Crippen LogP contribution in [-0.4, -0.2) is 22.7 Å². The van der Waals surface area contributed by atoms with E-state index in [2.05, 4.69) is 25.1 Å². The minimum absolute atomic E-state index is 0.142. The lowest BCUT2D eigenvalue weighted by atomic mass is 9.75. The van der Waals surface area contributed by atoms with Crippen molar-refractivity contribution >= 4 is 26.6 Å². The Hall–Kier alpha value is -1.88. The Kier molecular flexibility index (Phi) is 5.89. The van der Waals surface area contributed by atoms with E-state index in [4.69, 9.17) is 4.74 Å². The average Bonchev–Trinajstić information content (AvgIpc) is 2.60. The highest BCUT2D eigenvalue weighted by Crippen LogP contribution is 2.35. The van der Waals surface area contributed by atoms with Gasteiger partial charge in [-0.25, -0.2) is 9.00 Å². The van der Waals surface area contributed by atoms with Gasteiger partial charge < -0.3 is 4.74 Å². The third-order valence-electron chi connectivity index (χ3n) is 5.62. The van der Waals surface area contributed by atoms with Crippen molar-refractivity contribution in [3.63, 3.8) is 0 Å². The van der Waals surface area contributed by atoms with Crippen molar-refractivity contribution in [2.45, 2.75) is 51.0 Å². The molecule has 146 valence electrons. The maximum absolute atomic E-state index is 13.1. The van der Waals surface area contributed by atoms with Crippen LogP contribution in [0.1, 0.15) is 40.0 Å². The van der Waals surface area contributed by atoms with Crippen molar-refractivity contribution in [3.8, 4) is 0 Å². The quantitative estimate of drug-likeness (QED) is 0.659. The van der Waals surface area contributed by atoms with Gasteiger partial charge in [0.1, 0.15) is 6.10 Å². The van der Waals surface area contributed by atoms with Crippen LogP contribution in [0.4, 0.5) is 4.79 Å². The zero-order valence-corrected chi connectivity index (χ0v) is 17.4. The van der Waals surface area contributed by atoms with Gasteiger partial charge in [0.05, 0.1) is 9.73 Å². The predicted octanol–water partition coefficient (Wildman–Crippen LogP) is 5.89. The lowest BCUT2D eigenvalue weighted by molar-refractivity contribution is 0.0109. The van der Waals surface area contributed by atoms with Gasteiger partial charge >= 0.3 is 6.09 Å². The summed E-state index contributed by atoms with van der Waals surface area (Å²) in [5, 5.41) is 2.05. The van der Waals surface area contributed by atoms with E-state index in [0.29, 0.717) is 22.6 Å². The largest absolute Gasteiger partial charge is 0.444 e. The molecule has 0 radical (unpaired) electrons. The van der Waals surface area contributed by atoms with Gasteiger partial charge in [-0.05, 0) is 53.5 Å². The SMILES string of the molecule is CC(C)[C@H]1CC[C@H](C)C[C@@H]1OC(=O)N=S(C)(=O)c1ccc2ccccc2c1. The Morgan fingerprint density at radius 2 is 1.85 bits per heavy atom. The number of benzene rings is 2. The van der Waals surface area contributed by atoms with Gasteiger partial charge in [0.25, 0.3) is 0 Å². The number of carbonyl (C=O) groups is 1. The van der Waals surface area contributed by atoms with E-state index < -0.39 is 15.8 Å². The molecule has 4 nitrogen and oxygen atoms in total. The average molecular weight is 388 g/mol. The molecule has 1 amide bonds. The first-order valence-corrected chi connectivity index (χ1v) is 11.6. The van der Waals surface area contributed by atoms with Crippen LogP contribution in [-0.2, 0) is 14.5 Å². The second-order valence-corrected chi connectivity index (χ2v) is 10.4. The molecule has 0 saturated heterocycles. The highest BCUT2D eigenvalue weighted by atomic mass is 32.2. The van der Waals surface area contributed by atoms with Crippen LogP contribution < -0.4 is 0 Å². The van der Waals surface area contributed by atoms with Crippen LogP contribution in [0.15, 0.2) is 51.7 Å². The minimum atomic E-state index is -2.85. The van der Waals surface area contributed by atoms with Crippen molar-refractivity contribution < 1.29 is 13.7 Å². The zero-order chi connectivity index (χ0) is 19.6. The van der Waals surface area contributed by atoms with E-state index in [1.54, 1.807) is 6.07 Å². The molecule has 1 aliphatic carbocycles. The molecule has 0 aliphatic heterocycles. The molecule has 0 bridgehead atoms. The van der Waals surface area contributed by atoms with Gasteiger partial charge in [0.2, 0.25) is 0 Å². The highest BCUT2D eigenvalue weighted by Gasteiger charge is 2.33. The number of ether oxygens (including phenoxy) is 1. The fourth-order valence-electron chi connectivity index (χ4n) is 4.00. The van der Waals surface area contributed by atoms with Crippen molar-refractivity contribution in [2.24, 2.45) is 22.1 Å². The molecule has 3 rings (SSSR count). The molecule has 0 aromatic heterocycles. The van der Waals surface area contributed by atoms with Crippen LogP contribution in [0.5, 0.6) is 0 Å². The molecule has 0 spiro atoms. The summed E-state index contributed by atoms with van der Waals surface area (Å²) < 4.78 is 22.8. The summed E-state index contributed by atoms with van der Waals surface area (Å²) in [7, 11) is -2.85. The molecular formula is C22H29NO3S. The van der Waals surface area contributed by atoms with Gasteiger partial charge in [-0.15, -0.1) is 4.36 Å². The van der Waals surface area contributed by atoms with E-state index in [1.165, 1.54) is 6.26 Å². The molecule has 4 atom stereocenters. The molecule has 1 saturated carbocycles. The first-order chi connectivity index (χ1) is 12.8. The van der Waals surface area contributed by atoms with Crippen molar-refractivity contribution in [3.05, 3.63) is 42.5 Å². The molecule has 0 heterocycles. The predicted molar refractivity (Wildman–Crippen MR) is 110 cm³/mol. The molecule has 2 aromatic carbocycles. The maximum Gasteiger partial charge on any atom is 0.442 e. The summed E-state index contributed by atoms with van der Waals surface area (Å²) in [4.78, 5) is 13.0. The fraction of sp³-hybridized carbons (Fsp3) is 0.500. The third-order valence-corrected chi connectivity index (χ3v) is 7.25. The van der Waals surface area contributed by atoms with E-state index >= 15 is 0 Å². The number of rotatable bonds is 3. The molecule has 1 fully saturated rings. The summed E-state index contributed by atoms with van der Waals surface area (Å²) in [6, 6.07) is 13.4. The molecule has 2 aromatic rings. The van der Waals surface area contributed by atoms with Crippen LogP contribution in [0, 0.1) is 17.8 Å². The first kappa shape index (κ1) is 19.9. The number of hydrogen-bond donors (Lipinski definition) is 0. The van der Waals surface area contributed by atoms with Gasteiger partial charge in [-0.3, -0.25) is 0 Å². The standard InChI is InChI=1S/C22H29NO3S/c1-15(2)20-12-9-16(3)13-21(20)26-22(24)23-27(4,25)19-11-10-17-7-5-6-8-18(17)14-19/h5-8,10-11,14-16,20-21H,9,12-13H2,1-4H3/t16-,20+,21-,27?/m0/s1. The fourth-order valence-corrected chi connectivity index (χ4v) is 5.10. The number of fused-ring (bicyclic) bond motifs is 1. The Morgan fingerprint density at radius 1 is 1.15 bits per heavy atom. The molecule has 27 heavy (non-hydrogen) atoms. The van der Waals surface area contributed by atoms with E-state index in [0.717, 1.165) is 30.0 Å². The third kappa shape index (κ3) is 4.70. The summed E-state index contributed by atoms with van der Waals surface area (Å²) in [5.74, 6) is 1.32. The van der Waals surface area contributed by atoms with Crippen LogP contribution >= 0.6 is 0 Å². The van der Waals surface area contributed by atoms with Gasteiger partial charge in [-0.2, -0.15) is 0 Å². The van der Waals surface area contributed by atoms with Crippen molar-refractivity contribution in [1.82, 2.24) is 0 Å². The van der Waals surface area contributed by atoms with Crippen molar-refractivity contribution in [1.29, 1.82) is 0 Å². The van der Waals surface area contributed by atoms with Crippen molar-refractivity contribution in [2.75, 3.05) is 6.26 Å². The molecule has 0 N–H and O–H groups in total. The summed E-state index contributed by atoms with van der Waals surface area (Å²) in [6.45, 7) is 6.51. The maximum atomic E-state index is 13.1. The highest BCUT2D eigenvalue weighted by molar-refractivity contribution is 7.93. The normalized spacial score (nSPS) is 25.1. The topological polar surface area (TPSA) is 55.7 Å². The minimum Gasteiger partial charge on any atom is -0.444 e. The van der Waals surface area contributed by atoms with E-state index in [-0.39, 0.29) is 6.10 Å². The zero-order valence-electron chi connectivity index (χ0n) is 16.6. The van der Waals surface area contributed by atoms with Crippen LogP contribution in [0.25, 0.3) is 10.8 Å². The van der Waals surface area contributed by atoms with Gasteiger partial charge in [0.15, 0.2) is 0 Å². The Balaban J connectivity index is 1.82. The first-order valence-electron chi connectivity index (χ1n) is 9.68. The summed E-state index contributed by atoms with van der Waals surface area (Å²) >= 11 is 0. The van der Waals surface area contributed by atoms with Gasteiger partial charge in [-0.1, -0.05) is 57.5 Å². The van der Waals surface area contributed by atoms with E-state index in [1.807, 2.05) is 36.4 Å². The molecule has 5 heteroatoms. The summed E-state index contributed by atoms with van der Waals surface area (Å²) in [6.07, 6.45) is 3.72. The number of hydrogen-bond acceptors (Lipinski definition) is 3.